The Morgan fingerprint density at radius 1 is 1.20 bits per heavy atom. The molecule has 0 radical (unpaired) electrons. The second-order valence-corrected chi connectivity index (χ2v) is 10.5. The van der Waals surface area contributed by atoms with Gasteiger partial charge in [0, 0.05) is 0 Å². The number of aromatic nitrogens is 2. The van der Waals surface area contributed by atoms with Crippen LogP contribution in [0.15, 0.2) is 17.1 Å². The molecule has 0 aliphatic rings. The van der Waals surface area contributed by atoms with E-state index in [0.717, 1.165) is 5.75 Å². The van der Waals surface area contributed by atoms with Gasteiger partial charge in [0.05, 0.1) is 12.4 Å². The maximum atomic E-state index is 6.01. The molecule has 84 valence electrons. The van der Waals surface area contributed by atoms with Crippen LogP contribution >= 0.6 is 15.9 Å². The molecule has 0 aliphatic heterocycles. The van der Waals surface area contributed by atoms with Crippen LogP contribution in [0, 0.1) is 0 Å². The lowest BCUT2D eigenvalue weighted by Gasteiger charge is -2.36. The van der Waals surface area contributed by atoms with Gasteiger partial charge in [0.2, 0.25) is 0 Å². The molecular weight excluding hydrogens is 272 g/mol. The van der Waals surface area contributed by atoms with Crippen LogP contribution in [0.25, 0.3) is 0 Å². The zero-order chi connectivity index (χ0) is 11.7. The summed E-state index contributed by atoms with van der Waals surface area (Å²) in [6.45, 7) is 11.0. The Balaban J connectivity index is 2.82. The highest BCUT2D eigenvalue weighted by Crippen LogP contribution is 2.37. The molecule has 0 fully saturated rings. The van der Waals surface area contributed by atoms with E-state index in [9.17, 15) is 0 Å². The summed E-state index contributed by atoms with van der Waals surface area (Å²) in [6, 6.07) is 0. The second-order valence-electron chi connectivity index (χ2n) is 5.05. The highest BCUT2D eigenvalue weighted by molar-refractivity contribution is 9.10. The molecule has 15 heavy (non-hydrogen) atoms. The Morgan fingerprint density at radius 3 is 2.07 bits per heavy atom. The van der Waals surface area contributed by atoms with Crippen molar-refractivity contribution in [3.8, 4) is 5.75 Å². The van der Waals surface area contributed by atoms with Crippen LogP contribution < -0.4 is 4.43 Å². The van der Waals surface area contributed by atoms with Crippen molar-refractivity contribution in [1.82, 2.24) is 9.97 Å². The lowest BCUT2D eigenvalue weighted by molar-refractivity contribution is 0.487. The lowest BCUT2D eigenvalue weighted by atomic mass is 10.2. The van der Waals surface area contributed by atoms with E-state index < -0.39 is 8.32 Å². The van der Waals surface area contributed by atoms with Crippen LogP contribution in [0.1, 0.15) is 20.8 Å². The van der Waals surface area contributed by atoms with Gasteiger partial charge in [0.1, 0.15) is 5.75 Å². The fourth-order valence-corrected chi connectivity index (χ4v) is 2.01. The van der Waals surface area contributed by atoms with Crippen LogP contribution in [0.2, 0.25) is 18.1 Å². The number of halogens is 1. The minimum atomic E-state index is -1.76. The maximum Gasteiger partial charge on any atom is 0.250 e. The predicted octanol–water partition coefficient (Wildman–Crippen LogP) is 3.62. The van der Waals surface area contributed by atoms with Crippen molar-refractivity contribution in [2.45, 2.75) is 38.9 Å². The topological polar surface area (TPSA) is 35.0 Å². The van der Waals surface area contributed by atoms with E-state index in [2.05, 4.69) is 59.8 Å². The Hall–Kier alpha value is -0.423. The third-order valence-electron chi connectivity index (χ3n) is 2.78. The summed E-state index contributed by atoms with van der Waals surface area (Å²) in [6.07, 6.45) is 3.41. The van der Waals surface area contributed by atoms with Crippen molar-refractivity contribution in [1.29, 1.82) is 0 Å². The van der Waals surface area contributed by atoms with Crippen LogP contribution in [-0.4, -0.2) is 18.3 Å². The standard InChI is InChI=1S/C10H17BrN2OSi/c1-10(2,3)15(4,5)14-8-6-12-9(11)13-7-8/h6-7H,1-5H3. The van der Waals surface area contributed by atoms with E-state index in [1.165, 1.54) is 0 Å². The molecule has 3 nitrogen and oxygen atoms in total. The number of hydrogen-bond acceptors (Lipinski definition) is 3. The van der Waals surface area contributed by atoms with Gasteiger partial charge in [-0.15, -0.1) is 0 Å². The van der Waals surface area contributed by atoms with Crippen LogP contribution in [0.4, 0.5) is 0 Å². The fourth-order valence-electron chi connectivity index (χ4n) is 0.801. The minimum absolute atomic E-state index is 0.195. The maximum absolute atomic E-state index is 6.01. The SMILES string of the molecule is CC(C)(C)[Si](C)(C)Oc1cnc(Br)nc1. The highest BCUT2D eigenvalue weighted by Gasteiger charge is 2.39. The Bertz CT molecular complexity index is 332. The fraction of sp³-hybridized carbons (Fsp3) is 0.600. The average molecular weight is 289 g/mol. The van der Waals surface area contributed by atoms with Crippen molar-refractivity contribution >= 4 is 24.2 Å². The molecule has 1 heterocycles. The Labute approximate surface area is 101 Å². The summed E-state index contributed by atoms with van der Waals surface area (Å²) >= 11 is 3.20. The van der Waals surface area contributed by atoms with E-state index in [1.807, 2.05) is 0 Å². The zero-order valence-electron chi connectivity index (χ0n) is 9.84. The molecule has 0 aromatic carbocycles. The van der Waals surface area contributed by atoms with Gasteiger partial charge in [0.25, 0.3) is 8.32 Å². The van der Waals surface area contributed by atoms with Crippen molar-refractivity contribution < 1.29 is 4.43 Å². The first kappa shape index (κ1) is 12.6. The van der Waals surface area contributed by atoms with Gasteiger partial charge in [-0.25, -0.2) is 9.97 Å². The third-order valence-corrected chi connectivity index (χ3v) is 7.54. The first-order valence-corrected chi connectivity index (χ1v) is 8.59. The Kier molecular flexibility index (Phi) is 3.55. The quantitative estimate of drug-likeness (QED) is 0.616. The van der Waals surface area contributed by atoms with E-state index in [0.29, 0.717) is 4.73 Å². The van der Waals surface area contributed by atoms with E-state index in [4.69, 9.17) is 4.43 Å². The molecule has 0 spiro atoms. The van der Waals surface area contributed by atoms with Gasteiger partial charge >= 0.3 is 0 Å². The minimum Gasteiger partial charge on any atom is -0.541 e. The Morgan fingerprint density at radius 2 is 1.67 bits per heavy atom. The molecule has 0 amide bonds. The van der Waals surface area contributed by atoms with Gasteiger partial charge in [-0.1, -0.05) is 20.8 Å². The van der Waals surface area contributed by atoms with E-state index in [1.54, 1.807) is 12.4 Å². The summed E-state index contributed by atoms with van der Waals surface area (Å²) in [5.41, 5.74) is 0. The molecule has 5 heteroatoms. The molecule has 1 rings (SSSR count). The largest absolute Gasteiger partial charge is 0.541 e. The van der Waals surface area contributed by atoms with E-state index >= 15 is 0 Å². The molecule has 0 N–H and O–H groups in total. The van der Waals surface area contributed by atoms with Crippen LogP contribution in [-0.2, 0) is 0 Å². The molecule has 0 saturated heterocycles. The summed E-state index contributed by atoms with van der Waals surface area (Å²) < 4.78 is 6.60. The summed E-state index contributed by atoms with van der Waals surface area (Å²) in [7, 11) is -1.76. The highest BCUT2D eigenvalue weighted by atomic mass is 79.9. The second kappa shape index (κ2) is 4.21. The molecule has 1 aromatic rings. The van der Waals surface area contributed by atoms with Gasteiger partial charge < -0.3 is 4.43 Å². The monoisotopic (exact) mass is 288 g/mol. The molecule has 0 atom stereocenters. The van der Waals surface area contributed by atoms with Gasteiger partial charge in [-0.05, 0) is 34.1 Å². The third kappa shape index (κ3) is 3.27. The van der Waals surface area contributed by atoms with Gasteiger partial charge in [0.15, 0.2) is 4.73 Å². The summed E-state index contributed by atoms with van der Waals surface area (Å²) in [4.78, 5) is 8.10. The van der Waals surface area contributed by atoms with Crippen molar-refractivity contribution in [3.05, 3.63) is 17.1 Å². The zero-order valence-corrected chi connectivity index (χ0v) is 12.4. The normalized spacial score (nSPS) is 12.7. The summed E-state index contributed by atoms with van der Waals surface area (Å²) in [5.74, 6) is 0.754. The number of hydrogen-bond donors (Lipinski definition) is 0. The first-order chi connectivity index (χ1) is 6.72. The van der Waals surface area contributed by atoms with Crippen molar-refractivity contribution in [2.24, 2.45) is 0 Å². The molecule has 0 unspecified atom stereocenters. The first-order valence-electron chi connectivity index (χ1n) is 4.89. The molecular formula is C10H17BrN2OSi. The summed E-state index contributed by atoms with van der Waals surface area (Å²) in [5, 5.41) is 0.195. The van der Waals surface area contributed by atoms with Crippen molar-refractivity contribution in [2.75, 3.05) is 0 Å². The molecule has 1 aromatic heterocycles. The van der Waals surface area contributed by atoms with Gasteiger partial charge in [-0.3, -0.25) is 0 Å². The number of rotatable bonds is 2. The predicted molar refractivity (Wildman–Crippen MR) is 67.6 cm³/mol. The number of nitrogens with zero attached hydrogens (tertiary/aromatic N) is 2. The molecule has 0 bridgehead atoms. The smallest absolute Gasteiger partial charge is 0.250 e. The van der Waals surface area contributed by atoms with Crippen LogP contribution in [0.3, 0.4) is 0 Å². The van der Waals surface area contributed by atoms with E-state index in [-0.39, 0.29) is 5.04 Å². The van der Waals surface area contributed by atoms with Crippen molar-refractivity contribution in [3.63, 3.8) is 0 Å². The van der Waals surface area contributed by atoms with Crippen LogP contribution in [0.5, 0.6) is 5.75 Å². The molecule has 0 saturated carbocycles. The van der Waals surface area contributed by atoms with Gasteiger partial charge in [-0.2, -0.15) is 0 Å². The lowest BCUT2D eigenvalue weighted by Crippen LogP contribution is -2.43. The average Bonchev–Trinajstić information content (AvgIpc) is 2.06. The molecule has 0 aliphatic carbocycles.